The number of rotatable bonds is 5. The second kappa shape index (κ2) is 6.12. The maximum absolute atomic E-state index is 4.35. The lowest BCUT2D eigenvalue weighted by Crippen LogP contribution is -2.19. The first-order valence-electron chi connectivity index (χ1n) is 6.32. The van der Waals surface area contributed by atoms with Gasteiger partial charge in [0.2, 0.25) is 0 Å². The number of hydrogen-bond donors (Lipinski definition) is 1. The highest BCUT2D eigenvalue weighted by atomic mass is 32.1. The summed E-state index contributed by atoms with van der Waals surface area (Å²) in [6.07, 6.45) is 1.88. The first-order chi connectivity index (χ1) is 8.65. The summed E-state index contributed by atoms with van der Waals surface area (Å²) in [6.45, 7) is 8.41. The van der Waals surface area contributed by atoms with E-state index in [0.717, 1.165) is 13.1 Å². The van der Waals surface area contributed by atoms with Crippen LogP contribution in [0.3, 0.4) is 0 Å². The molecule has 1 aromatic carbocycles. The van der Waals surface area contributed by atoms with Gasteiger partial charge < -0.3 is 5.32 Å². The van der Waals surface area contributed by atoms with E-state index < -0.39 is 0 Å². The molecular weight excluding hydrogens is 240 g/mol. The summed E-state index contributed by atoms with van der Waals surface area (Å²) in [5.74, 6) is 0.482. The van der Waals surface area contributed by atoms with Crippen LogP contribution in [0.15, 0.2) is 29.8 Å². The van der Waals surface area contributed by atoms with Crippen LogP contribution in [0.5, 0.6) is 0 Å². The van der Waals surface area contributed by atoms with Crippen molar-refractivity contribution in [1.29, 1.82) is 0 Å². The van der Waals surface area contributed by atoms with Crippen molar-refractivity contribution in [3.05, 3.63) is 51.5 Å². The third-order valence-corrected chi connectivity index (χ3v) is 3.94. The lowest BCUT2D eigenvalue weighted by molar-refractivity contribution is 0.612. The first-order valence-corrected chi connectivity index (χ1v) is 7.20. The van der Waals surface area contributed by atoms with Crippen molar-refractivity contribution in [1.82, 2.24) is 10.3 Å². The number of aryl methyl sites for hydroxylation is 2. The Morgan fingerprint density at radius 1 is 1.22 bits per heavy atom. The predicted octanol–water partition coefficient (Wildman–Crippen LogP) is 3.65. The van der Waals surface area contributed by atoms with Gasteiger partial charge in [0.25, 0.3) is 0 Å². The summed E-state index contributed by atoms with van der Waals surface area (Å²) in [7, 11) is 0. The lowest BCUT2D eigenvalue weighted by atomic mass is 10.1. The van der Waals surface area contributed by atoms with Crippen molar-refractivity contribution in [2.45, 2.75) is 33.2 Å². The van der Waals surface area contributed by atoms with Crippen LogP contribution < -0.4 is 5.32 Å². The third-order valence-electron chi connectivity index (χ3n) is 2.93. The molecule has 0 radical (unpaired) electrons. The maximum atomic E-state index is 4.35. The zero-order valence-electron chi connectivity index (χ0n) is 11.2. The molecule has 1 aromatic heterocycles. The SMILES string of the molecule is Cc1cc(C)cc(CNCC(C)c2nccs2)c1. The highest BCUT2D eigenvalue weighted by molar-refractivity contribution is 7.09. The molecule has 1 heterocycles. The highest BCUT2D eigenvalue weighted by Crippen LogP contribution is 2.16. The molecule has 0 bridgehead atoms. The molecule has 1 atom stereocenters. The quantitative estimate of drug-likeness (QED) is 0.887. The molecule has 0 fully saturated rings. The van der Waals surface area contributed by atoms with Gasteiger partial charge in [-0.2, -0.15) is 0 Å². The van der Waals surface area contributed by atoms with Gasteiger partial charge in [0.05, 0.1) is 5.01 Å². The van der Waals surface area contributed by atoms with E-state index in [1.54, 1.807) is 11.3 Å². The molecule has 18 heavy (non-hydrogen) atoms. The monoisotopic (exact) mass is 260 g/mol. The van der Waals surface area contributed by atoms with E-state index in [9.17, 15) is 0 Å². The van der Waals surface area contributed by atoms with Crippen LogP contribution in [0.2, 0.25) is 0 Å². The van der Waals surface area contributed by atoms with Gasteiger partial charge in [-0.3, -0.25) is 0 Å². The van der Waals surface area contributed by atoms with Crippen molar-refractivity contribution in [3.63, 3.8) is 0 Å². The predicted molar refractivity (Wildman–Crippen MR) is 78.2 cm³/mol. The zero-order chi connectivity index (χ0) is 13.0. The third kappa shape index (κ3) is 3.65. The van der Waals surface area contributed by atoms with Crippen molar-refractivity contribution in [2.24, 2.45) is 0 Å². The summed E-state index contributed by atoms with van der Waals surface area (Å²) < 4.78 is 0. The Balaban J connectivity index is 1.85. The first kappa shape index (κ1) is 13.2. The van der Waals surface area contributed by atoms with Gasteiger partial charge in [-0.05, 0) is 19.4 Å². The standard InChI is InChI=1S/C15H20N2S/c1-11-6-12(2)8-14(7-11)10-16-9-13(3)15-17-4-5-18-15/h4-8,13,16H,9-10H2,1-3H3. The largest absolute Gasteiger partial charge is 0.312 e. The van der Waals surface area contributed by atoms with Gasteiger partial charge in [-0.15, -0.1) is 11.3 Å². The lowest BCUT2D eigenvalue weighted by Gasteiger charge is -2.11. The Bertz CT molecular complexity index is 471. The molecule has 2 nitrogen and oxygen atoms in total. The molecule has 1 unspecified atom stereocenters. The summed E-state index contributed by atoms with van der Waals surface area (Å²) in [6, 6.07) is 6.70. The van der Waals surface area contributed by atoms with E-state index in [4.69, 9.17) is 0 Å². The summed E-state index contributed by atoms with van der Waals surface area (Å²) in [5.41, 5.74) is 4.03. The van der Waals surface area contributed by atoms with E-state index >= 15 is 0 Å². The zero-order valence-corrected chi connectivity index (χ0v) is 12.1. The van der Waals surface area contributed by atoms with E-state index in [1.165, 1.54) is 21.7 Å². The van der Waals surface area contributed by atoms with Gasteiger partial charge in [0.1, 0.15) is 0 Å². The number of hydrogen-bond acceptors (Lipinski definition) is 3. The molecule has 3 heteroatoms. The molecule has 0 aliphatic heterocycles. The molecule has 0 aliphatic carbocycles. The average molecular weight is 260 g/mol. The van der Waals surface area contributed by atoms with E-state index in [2.05, 4.69) is 49.3 Å². The second-order valence-electron chi connectivity index (χ2n) is 4.90. The molecule has 0 spiro atoms. The van der Waals surface area contributed by atoms with Crippen LogP contribution in [0.25, 0.3) is 0 Å². The molecule has 0 aliphatic rings. The minimum absolute atomic E-state index is 0.482. The van der Waals surface area contributed by atoms with Gasteiger partial charge in [0, 0.05) is 30.6 Å². The summed E-state index contributed by atoms with van der Waals surface area (Å²) >= 11 is 1.73. The Hall–Kier alpha value is -1.19. The van der Waals surface area contributed by atoms with Crippen LogP contribution in [0.4, 0.5) is 0 Å². The van der Waals surface area contributed by atoms with Crippen LogP contribution in [-0.2, 0) is 6.54 Å². The molecule has 2 aromatic rings. The molecule has 1 N–H and O–H groups in total. The second-order valence-corrected chi connectivity index (χ2v) is 5.82. The molecule has 0 saturated carbocycles. The van der Waals surface area contributed by atoms with Gasteiger partial charge in [-0.25, -0.2) is 4.98 Å². The minimum Gasteiger partial charge on any atom is -0.312 e. The van der Waals surface area contributed by atoms with E-state index in [-0.39, 0.29) is 0 Å². The van der Waals surface area contributed by atoms with E-state index in [0.29, 0.717) is 5.92 Å². The topological polar surface area (TPSA) is 24.9 Å². The van der Waals surface area contributed by atoms with Crippen molar-refractivity contribution >= 4 is 11.3 Å². The number of nitrogens with zero attached hydrogens (tertiary/aromatic N) is 1. The Morgan fingerprint density at radius 2 is 1.94 bits per heavy atom. The smallest absolute Gasteiger partial charge is 0.0965 e. The fraction of sp³-hybridized carbons (Fsp3) is 0.400. The van der Waals surface area contributed by atoms with Gasteiger partial charge in [0.15, 0.2) is 0 Å². The fourth-order valence-corrected chi connectivity index (χ4v) is 2.87. The summed E-state index contributed by atoms with van der Waals surface area (Å²) in [4.78, 5) is 4.35. The van der Waals surface area contributed by atoms with Gasteiger partial charge >= 0.3 is 0 Å². The molecule has 0 amide bonds. The van der Waals surface area contributed by atoms with Crippen molar-refractivity contribution in [3.8, 4) is 0 Å². The van der Waals surface area contributed by atoms with Gasteiger partial charge in [-0.1, -0.05) is 36.2 Å². The molecule has 0 saturated heterocycles. The molecular formula is C15H20N2S. The summed E-state index contributed by atoms with van der Waals surface area (Å²) in [5, 5.41) is 6.76. The minimum atomic E-state index is 0.482. The van der Waals surface area contributed by atoms with Crippen molar-refractivity contribution < 1.29 is 0 Å². The maximum Gasteiger partial charge on any atom is 0.0965 e. The Morgan fingerprint density at radius 3 is 2.56 bits per heavy atom. The fourth-order valence-electron chi connectivity index (χ4n) is 2.17. The van der Waals surface area contributed by atoms with Crippen LogP contribution in [-0.4, -0.2) is 11.5 Å². The number of aromatic nitrogens is 1. The average Bonchev–Trinajstić information content (AvgIpc) is 2.80. The Labute approximate surface area is 113 Å². The van der Waals surface area contributed by atoms with Crippen molar-refractivity contribution in [2.75, 3.05) is 6.54 Å². The number of thiazole rings is 1. The molecule has 96 valence electrons. The van der Waals surface area contributed by atoms with Crippen LogP contribution >= 0.6 is 11.3 Å². The Kier molecular flexibility index (Phi) is 4.50. The number of benzene rings is 1. The number of nitrogens with one attached hydrogen (secondary N) is 1. The van der Waals surface area contributed by atoms with Crippen LogP contribution in [0.1, 0.15) is 34.5 Å². The molecule has 2 rings (SSSR count). The van der Waals surface area contributed by atoms with Crippen LogP contribution in [0, 0.1) is 13.8 Å². The normalized spacial score (nSPS) is 12.6. The van der Waals surface area contributed by atoms with E-state index in [1.807, 2.05) is 11.6 Å². The highest BCUT2D eigenvalue weighted by Gasteiger charge is 2.07.